The standard InChI is InChI=1S/C15H32/c1-8-12(4)14(9-2)11-13(5)15(6,7)10-3/h12-14H,8-11H2,1-7H3. The molecule has 15 heavy (non-hydrogen) atoms. The first-order valence-electron chi connectivity index (χ1n) is 6.88. The Morgan fingerprint density at radius 3 is 1.80 bits per heavy atom. The Bertz CT molecular complexity index is 157. The molecule has 0 radical (unpaired) electrons. The molecule has 0 aromatic carbocycles. The van der Waals surface area contributed by atoms with E-state index < -0.39 is 0 Å². The molecule has 0 spiro atoms. The summed E-state index contributed by atoms with van der Waals surface area (Å²) in [5.74, 6) is 2.67. The lowest BCUT2D eigenvalue weighted by molar-refractivity contribution is 0.158. The van der Waals surface area contributed by atoms with E-state index in [1.54, 1.807) is 0 Å². The minimum absolute atomic E-state index is 0.515. The minimum Gasteiger partial charge on any atom is -0.0651 e. The SMILES string of the molecule is CCC(C)C(CC)CC(C)C(C)(C)CC. The summed E-state index contributed by atoms with van der Waals surface area (Å²) in [6, 6.07) is 0. The van der Waals surface area contributed by atoms with Crippen molar-refractivity contribution >= 4 is 0 Å². The maximum Gasteiger partial charge on any atom is -0.0331 e. The van der Waals surface area contributed by atoms with Crippen LogP contribution in [0.1, 0.15) is 74.1 Å². The van der Waals surface area contributed by atoms with Crippen LogP contribution in [0.2, 0.25) is 0 Å². The zero-order valence-corrected chi connectivity index (χ0v) is 12.1. The van der Waals surface area contributed by atoms with E-state index in [1.165, 1.54) is 25.7 Å². The quantitative estimate of drug-likeness (QED) is 0.521. The molecule has 0 heteroatoms. The van der Waals surface area contributed by atoms with E-state index in [0.29, 0.717) is 5.41 Å². The Kier molecular flexibility index (Phi) is 6.55. The van der Waals surface area contributed by atoms with E-state index in [1.807, 2.05) is 0 Å². The van der Waals surface area contributed by atoms with E-state index in [9.17, 15) is 0 Å². The Morgan fingerprint density at radius 2 is 1.47 bits per heavy atom. The van der Waals surface area contributed by atoms with Crippen LogP contribution in [0.15, 0.2) is 0 Å². The molecular weight excluding hydrogens is 180 g/mol. The van der Waals surface area contributed by atoms with Crippen LogP contribution in [0.25, 0.3) is 0 Å². The van der Waals surface area contributed by atoms with Crippen molar-refractivity contribution in [2.75, 3.05) is 0 Å². The molecule has 0 N–H and O–H groups in total. The van der Waals surface area contributed by atoms with Crippen molar-refractivity contribution < 1.29 is 0 Å². The normalized spacial score (nSPS) is 18.6. The first-order chi connectivity index (χ1) is 6.88. The van der Waals surface area contributed by atoms with Crippen LogP contribution in [0, 0.1) is 23.2 Å². The summed E-state index contributed by atoms with van der Waals surface area (Å²) < 4.78 is 0. The van der Waals surface area contributed by atoms with Gasteiger partial charge in [0.2, 0.25) is 0 Å². The maximum absolute atomic E-state index is 2.44. The average molecular weight is 212 g/mol. The number of hydrogen-bond donors (Lipinski definition) is 0. The number of hydrogen-bond acceptors (Lipinski definition) is 0. The molecule has 0 heterocycles. The van der Waals surface area contributed by atoms with E-state index in [-0.39, 0.29) is 0 Å². The molecule has 0 aliphatic carbocycles. The summed E-state index contributed by atoms with van der Waals surface area (Å²) in [5, 5.41) is 0. The Labute approximate surface area is 97.8 Å². The summed E-state index contributed by atoms with van der Waals surface area (Å²) in [6.45, 7) is 16.7. The summed E-state index contributed by atoms with van der Waals surface area (Å²) in [6.07, 6.45) is 5.38. The summed E-state index contributed by atoms with van der Waals surface area (Å²) in [7, 11) is 0. The van der Waals surface area contributed by atoms with Crippen LogP contribution in [0.3, 0.4) is 0 Å². The lowest BCUT2D eigenvalue weighted by Gasteiger charge is -2.35. The highest BCUT2D eigenvalue weighted by atomic mass is 14.3. The van der Waals surface area contributed by atoms with Crippen molar-refractivity contribution in [2.24, 2.45) is 23.2 Å². The summed E-state index contributed by atoms with van der Waals surface area (Å²) in [5.41, 5.74) is 0.515. The zero-order chi connectivity index (χ0) is 12.1. The maximum atomic E-state index is 2.44. The lowest BCUT2D eigenvalue weighted by Crippen LogP contribution is -2.25. The van der Waals surface area contributed by atoms with E-state index >= 15 is 0 Å². The third-order valence-electron chi connectivity index (χ3n) is 4.87. The largest absolute Gasteiger partial charge is 0.0651 e. The van der Waals surface area contributed by atoms with Crippen molar-refractivity contribution in [3.63, 3.8) is 0 Å². The second kappa shape index (κ2) is 6.55. The molecule has 0 aliphatic heterocycles. The van der Waals surface area contributed by atoms with Gasteiger partial charge in [-0.15, -0.1) is 0 Å². The topological polar surface area (TPSA) is 0 Å². The van der Waals surface area contributed by atoms with Crippen LogP contribution in [-0.4, -0.2) is 0 Å². The van der Waals surface area contributed by atoms with Gasteiger partial charge in [-0.2, -0.15) is 0 Å². The predicted octanol–water partition coefficient (Wildman–Crippen LogP) is 5.52. The van der Waals surface area contributed by atoms with Gasteiger partial charge in [0.05, 0.1) is 0 Å². The minimum atomic E-state index is 0.515. The molecule has 0 aromatic rings. The molecule has 0 rings (SSSR count). The van der Waals surface area contributed by atoms with Gasteiger partial charge in [0.15, 0.2) is 0 Å². The van der Waals surface area contributed by atoms with Crippen molar-refractivity contribution in [1.82, 2.24) is 0 Å². The van der Waals surface area contributed by atoms with Gasteiger partial charge >= 0.3 is 0 Å². The van der Waals surface area contributed by atoms with Crippen LogP contribution in [0.5, 0.6) is 0 Å². The molecule has 0 saturated heterocycles. The zero-order valence-electron chi connectivity index (χ0n) is 12.1. The fourth-order valence-corrected chi connectivity index (χ4v) is 2.26. The highest BCUT2D eigenvalue weighted by Gasteiger charge is 2.27. The number of rotatable bonds is 7. The first kappa shape index (κ1) is 15.0. The molecule has 0 nitrogen and oxygen atoms in total. The van der Waals surface area contributed by atoms with Crippen LogP contribution in [-0.2, 0) is 0 Å². The van der Waals surface area contributed by atoms with Gasteiger partial charge in [0, 0.05) is 0 Å². The van der Waals surface area contributed by atoms with E-state index in [4.69, 9.17) is 0 Å². The molecule has 0 bridgehead atoms. The van der Waals surface area contributed by atoms with Gasteiger partial charge in [-0.25, -0.2) is 0 Å². The van der Waals surface area contributed by atoms with Gasteiger partial charge in [-0.3, -0.25) is 0 Å². The molecule has 0 saturated carbocycles. The smallest absolute Gasteiger partial charge is 0.0331 e. The molecular formula is C15H32. The first-order valence-corrected chi connectivity index (χ1v) is 6.88. The van der Waals surface area contributed by atoms with Gasteiger partial charge in [-0.1, -0.05) is 67.7 Å². The van der Waals surface area contributed by atoms with Gasteiger partial charge in [0.1, 0.15) is 0 Å². The molecule has 0 fully saturated rings. The summed E-state index contributed by atoms with van der Waals surface area (Å²) >= 11 is 0. The Hall–Kier alpha value is 0. The molecule has 92 valence electrons. The monoisotopic (exact) mass is 212 g/mol. The van der Waals surface area contributed by atoms with Crippen molar-refractivity contribution in [1.29, 1.82) is 0 Å². The second-order valence-corrected chi connectivity index (χ2v) is 6.03. The average Bonchev–Trinajstić information content (AvgIpc) is 2.24. The van der Waals surface area contributed by atoms with Crippen molar-refractivity contribution in [3.8, 4) is 0 Å². The molecule has 3 unspecified atom stereocenters. The third-order valence-corrected chi connectivity index (χ3v) is 4.87. The Morgan fingerprint density at radius 1 is 0.933 bits per heavy atom. The van der Waals surface area contributed by atoms with Crippen molar-refractivity contribution in [2.45, 2.75) is 74.1 Å². The van der Waals surface area contributed by atoms with Crippen molar-refractivity contribution in [3.05, 3.63) is 0 Å². The van der Waals surface area contributed by atoms with E-state index in [0.717, 1.165) is 17.8 Å². The van der Waals surface area contributed by atoms with Crippen LogP contribution in [0.4, 0.5) is 0 Å². The highest BCUT2D eigenvalue weighted by molar-refractivity contribution is 4.77. The molecule has 0 aliphatic rings. The van der Waals surface area contributed by atoms with Gasteiger partial charge < -0.3 is 0 Å². The van der Waals surface area contributed by atoms with E-state index in [2.05, 4.69) is 48.5 Å². The second-order valence-electron chi connectivity index (χ2n) is 6.03. The predicted molar refractivity (Wildman–Crippen MR) is 71.1 cm³/mol. The fraction of sp³-hybridized carbons (Fsp3) is 1.00. The fourth-order valence-electron chi connectivity index (χ4n) is 2.26. The molecule has 0 amide bonds. The molecule has 0 aromatic heterocycles. The molecule has 3 atom stereocenters. The summed E-state index contributed by atoms with van der Waals surface area (Å²) in [4.78, 5) is 0. The van der Waals surface area contributed by atoms with Crippen LogP contribution >= 0.6 is 0 Å². The lowest BCUT2D eigenvalue weighted by atomic mass is 9.71. The van der Waals surface area contributed by atoms with Gasteiger partial charge in [0.25, 0.3) is 0 Å². The Balaban J connectivity index is 4.29. The van der Waals surface area contributed by atoms with Crippen LogP contribution < -0.4 is 0 Å². The third kappa shape index (κ3) is 4.57. The highest BCUT2D eigenvalue weighted by Crippen LogP contribution is 2.37. The van der Waals surface area contributed by atoms with Gasteiger partial charge in [-0.05, 0) is 29.6 Å².